The summed E-state index contributed by atoms with van der Waals surface area (Å²) in [6.07, 6.45) is 9.08. The predicted octanol–water partition coefficient (Wildman–Crippen LogP) is 5.13. The third-order valence-corrected chi connectivity index (χ3v) is 6.63. The van der Waals surface area contributed by atoms with Gasteiger partial charge in [0.05, 0.1) is 19.3 Å². The number of nitrogens with one attached hydrogen (secondary N) is 2. The SMILES string of the molecule is COc1ccc2[nH]c(C)c(CCN(Cc3ccccn3)C(=S)NC3CCCCC3)c2c1. The first-order chi connectivity index (χ1) is 15.1. The molecule has 0 aliphatic heterocycles. The van der Waals surface area contributed by atoms with Crippen LogP contribution in [0.25, 0.3) is 10.9 Å². The van der Waals surface area contributed by atoms with Gasteiger partial charge < -0.3 is 19.9 Å². The van der Waals surface area contributed by atoms with Crippen molar-refractivity contribution in [3.8, 4) is 5.75 Å². The van der Waals surface area contributed by atoms with Gasteiger partial charge in [0.2, 0.25) is 0 Å². The van der Waals surface area contributed by atoms with Gasteiger partial charge in [-0.1, -0.05) is 25.3 Å². The van der Waals surface area contributed by atoms with Crippen molar-refractivity contribution in [1.82, 2.24) is 20.2 Å². The lowest BCUT2D eigenvalue weighted by Gasteiger charge is -2.31. The van der Waals surface area contributed by atoms with Crippen molar-refractivity contribution in [2.24, 2.45) is 0 Å². The van der Waals surface area contributed by atoms with Gasteiger partial charge in [-0.25, -0.2) is 0 Å². The van der Waals surface area contributed by atoms with Crippen LogP contribution < -0.4 is 10.1 Å². The normalized spacial score (nSPS) is 14.5. The number of fused-ring (bicyclic) bond motifs is 1. The first-order valence-corrected chi connectivity index (χ1v) is 11.7. The van der Waals surface area contributed by atoms with Crippen molar-refractivity contribution in [1.29, 1.82) is 0 Å². The zero-order valence-corrected chi connectivity index (χ0v) is 19.3. The molecule has 0 radical (unpaired) electrons. The fraction of sp³-hybridized carbons (Fsp3) is 0.440. The Balaban J connectivity index is 1.52. The van der Waals surface area contributed by atoms with Crippen LogP contribution in [0, 0.1) is 6.92 Å². The molecule has 2 aromatic heterocycles. The molecule has 6 heteroatoms. The smallest absolute Gasteiger partial charge is 0.169 e. The highest BCUT2D eigenvalue weighted by molar-refractivity contribution is 7.80. The number of aryl methyl sites for hydroxylation is 1. The summed E-state index contributed by atoms with van der Waals surface area (Å²) in [6, 6.07) is 12.8. The van der Waals surface area contributed by atoms with E-state index in [1.165, 1.54) is 48.7 Å². The van der Waals surface area contributed by atoms with E-state index in [1.807, 2.05) is 24.4 Å². The monoisotopic (exact) mass is 436 g/mol. The molecule has 1 saturated carbocycles. The lowest BCUT2D eigenvalue weighted by Crippen LogP contribution is -2.45. The number of methoxy groups -OCH3 is 1. The molecule has 0 amide bonds. The maximum atomic E-state index is 5.88. The zero-order valence-electron chi connectivity index (χ0n) is 18.5. The molecule has 0 atom stereocenters. The first kappa shape index (κ1) is 21.6. The highest BCUT2D eigenvalue weighted by Crippen LogP contribution is 2.27. The number of aromatic nitrogens is 2. The maximum Gasteiger partial charge on any atom is 0.169 e. The summed E-state index contributed by atoms with van der Waals surface area (Å²) < 4.78 is 5.45. The Kier molecular flexibility index (Phi) is 7.07. The van der Waals surface area contributed by atoms with E-state index in [-0.39, 0.29) is 0 Å². The predicted molar refractivity (Wildman–Crippen MR) is 131 cm³/mol. The molecular weight excluding hydrogens is 404 g/mol. The van der Waals surface area contributed by atoms with E-state index >= 15 is 0 Å². The van der Waals surface area contributed by atoms with Crippen molar-refractivity contribution in [2.45, 2.75) is 58.0 Å². The number of benzene rings is 1. The van der Waals surface area contributed by atoms with Gasteiger partial charge >= 0.3 is 0 Å². The molecule has 0 saturated heterocycles. The van der Waals surface area contributed by atoms with Crippen LogP contribution in [-0.2, 0) is 13.0 Å². The van der Waals surface area contributed by atoms with Crippen LogP contribution in [-0.4, -0.2) is 39.7 Å². The van der Waals surface area contributed by atoms with Crippen LogP contribution in [0.4, 0.5) is 0 Å². The molecule has 0 bridgehead atoms. The minimum Gasteiger partial charge on any atom is -0.497 e. The van der Waals surface area contributed by atoms with Crippen LogP contribution in [0.2, 0.25) is 0 Å². The summed E-state index contributed by atoms with van der Waals surface area (Å²) in [6.45, 7) is 3.69. The van der Waals surface area contributed by atoms with Crippen LogP contribution >= 0.6 is 12.2 Å². The number of aromatic amines is 1. The quantitative estimate of drug-likeness (QED) is 0.503. The Morgan fingerprint density at radius 1 is 1.23 bits per heavy atom. The molecule has 164 valence electrons. The fourth-order valence-corrected chi connectivity index (χ4v) is 4.83. The minimum atomic E-state index is 0.492. The topological polar surface area (TPSA) is 53.2 Å². The lowest BCUT2D eigenvalue weighted by atomic mass is 9.96. The van der Waals surface area contributed by atoms with Crippen molar-refractivity contribution in [3.63, 3.8) is 0 Å². The molecule has 1 aliphatic rings. The Bertz CT molecular complexity index is 1010. The molecule has 1 aliphatic carbocycles. The molecule has 2 N–H and O–H groups in total. The Labute approximate surface area is 190 Å². The summed E-state index contributed by atoms with van der Waals surface area (Å²) >= 11 is 5.88. The Morgan fingerprint density at radius 3 is 2.81 bits per heavy atom. The highest BCUT2D eigenvalue weighted by Gasteiger charge is 2.19. The van der Waals surface area contributed by atoms with Gasteiger partial charge in [-0.15, -0.1) is 0 Å². The second-order valence-electron chi connectivity index (χ2n) is 8.42. The first-order valence-electron chi connectivity index (χ1n) is 11.2. The van der Waals surface area contributed by atoms with E-state index in [2.05, 4.69) is 45.3 Å². The molecule has 5 nitrogen and oxygen atoms in total. The van der Waals surface area contributed by atoms with Crippen molar-refractivity contribution >= 4 is 28.2 Å². The van der Waals surface area contributed by atoms with Gasteiger partial charge in [0, 0.05) is 35.4 Å². The second kappa shape index (κ2) is 10.1. The second-order valence-corrected chi connectivity index (χ2v) is 8.80. The zero-order chi connectivity index (χ0) is 21.6. The minimum absolute atomic E-state index is 0.492. The molecule has 0 spiro atoms. The van der Waals surface area contributed by atoms with E-state index in [0.717, 1.165) is 35.0 Å². The van der Waals surface area contributed by atoms with Gasteiger partial charge in [0.25, 0.3) is 0 Å². The summed E-state index contributed by atoms with van der Waals surface area (Å²) in [4.78, 5) is 10.3. The van der Waals surface area contributed by atoms with Gasteiger partial charge in [-0.3, -0.25) is 4.98 Å². The largest absolute Gasteiger partial charge is 0.497 e. The van der Waals surface area contributed by atoms with E-state index in [0.29, 0.717) is 12.6 Å². The Morgan fingerprint density at radius 2 is 2.06 bits per heavy atom. The van der Waals surface area contributed by atoms with Crippen LogP contribution in [0.15, 0.2) is 42.6 Å². The van der Waals surface area contributed by atoms with Crippen LogP contribution in [0.5, 0.6) is 5.75 Å². The standard InChI is InChI=1S/C25H32N4OS/c1-18-22(23-16-21(30-2)11-12-24(23)27-18)13-15-29(17-20-10-6-7-14-26-20)25(31)28-19-8-4-3-5-9-19/h6-7,10-12,14,16,19,27H,3-5,8-9,13,15,17H2,1-2H3,(H,28,31). The summed E-state index contributed by atoms with van der Waals surface area (Å²) in [5.41, 5.74) is 4.70. The molecule has 3 aromatic rings. The van der Waals surface area contributed by atoms with Crippen molar-refractivity contribution in [2.75, 3.05) is 13.7 Å². The van der Waals surface area contributed by atoms with Gasteiger partial charge in [-0.2, -0.15) is 0 Å². The number of thiocarbonyl (C=S) groups is 1. The van der Waals surface area contributed by atoms with Crippen LogP contribution in [0.3, 0.4) is 0 Å². The number of hydrogen-bond donors (Lipinski definition) is 2. The third-order valence-electron chi connectivity index (χ3n) is 6.26. The van der Waals surface area contributed by atoms with Crippen molar-refractivity contribution < 1.29 is 4.74 Å². The third kappa shape index (κ3) is 5.37. The number of hydrogen-bond acceptors (Lipinski definition) is 3. The molecule has 0 unspecified atom stereocenters. The maximum absolute atomic E-state index is 5.88. The molecular formula is C25H32N4OS. The fourth-order valence-electron chi connectivity index (χ4n) is 4.51. The van der Waals surface area contributed by atoms with E-state index < -0.39 is 0 Å². The van der Waals surface area contributed by atoms with Crippen molar-refractivity contribution in [3.05, 3.63) is 59.5 Å². The molecule has 1 fully saturated rings. The Hall–Kier alpha value is -2.60. The van der Waals surface area contributed by atoms with E-state index in [1.54, 1.807) is 7.11 Å². The van der Waals surface area contributed by atoms with Gasteiger partial charge in [0.15, 0.2) is 5.11 Å². The van der Waals surface area contributed by atoms with E-state index in [9.17, 15) is 0 Å². The average Bonchev–Trinajstić information content (AvgIpc) is 3.12. The average molecular weight is 437 g/mol. The number of H-pyrrole nitrogens is 1. The highest BCUT2D eigenvalue weighted by atomic mass is 32.1. The number of rotatable bonds is 7. The van der Waals surface area contributed by atoms with Crippen LogP contribution in [0.1, 0.15) is 49.1 Å². The summed E-state index contributed by atoms with van der Waals surface area (Å²) in [7, 11) is 1.71. The van der Waals surface area contributed by atoms with Gasteiger partial charge in [-0.05, 0) is 74.3 Å². The number of ether oxygens (including phenoxy) is 1. The number of nitrogens with zero attached hydrogens (tertiary/aromatic N) is 2. The van der Waals surface area contributed by atoms with Gasteiger partial charge in [0.1, 0.15) is 5.75 Å². The molecule has 4 rings (SSSR count). The summed E-state index contributed by atoms with van der Waals surface area (Å²) in [5.74, 6) is 0.882. The molecule has 31 heavy (non-hydrogen) atoms. The lowest BCUT2D eigenvalue weighted by molar-refractivity contribution is 0.366. The molecule has 2 heterocycles. The van der Waals surface area contributed by atoms with E-state index in [4.69, 9.17) is 17.0 Å². The number of pyridine rings is 1. The summed E-state index contributed by atoms with van der Waals surface area (Å²) in [5, 5.41) is 5.70. The molecule has 1 aromatic carbocycles.